The topological polar surface area (TPSA) is 0 Å². The molecule has 0 aromatic carbocycles. The average molecular weight is 207 g/mol. The van der Waals surface area contributed by atoms with Gasteiger partial charge in [0.05, 0.1) is 0 Å². The number of hydrogen-bond donors (Lipinski definition) is 0. The molecule has 0 fully saturated rings. The minimum atomic E-state index is 0.339. The first kappa shape index (κ1) is 5.35. The van der Waals surface area contributed by atoms with Crippen molar-refractivity contribution in [1.29, 1.82) is 0 Å². The van der Waals surface area contributed by atoms with Crippen molar-refractivity contribution < 1.29 is 21.2 Å². The summed E-state index contributed by atoms with van der Waals surface area (Å²) in [7, 11) is 0. The van der Waals surface area contributed by atoms with Gasteiger partial charge in [-0.1, -0.05) is 0 Å². The van der Waals surface area contributed by atoms with Gasteiger partial charge in [0.15, 0.2) is 0 Å². The van der Waals surface area contributed by atoms with Crippen molar-refractivity contribution in [2.45, 2.75) is 13.8 Å². The van der Waals surface area contributed by atoms with Crippen LogP contribution in [0.4, 0.5) is 0 Å². The molecule has 40 valence electrons. The van der Waals surface area contributed by atoms with Crippen molar-refractivity contribution in [3.8, 4) is 0 Å². The van der Waals surface area contributed by atoms with E-state index >= 15 is 0 Å². The van der Waals surface area contributed by atoms with Crippen LogP contribution in [0.5, 0.6) is 0 Å². The van der Waals surface area contributed by atoms with Gasteiger partial charge in [0.2, 0.25) is 0 Å². The summed E-state index contributed by atoms with van der Waals surface area (Å²) in [6.07, 6.45) is 4.45. The summed E-state index contributed by atoms with van der Waals surface area (Å²) < 4.78 is 3.19. The van der Waals surface area contributed by atoms with Crippen molar-refractivity contribution in [2.75, 3.05) is 0 Å². The van der Waals surface area contributed by atoms with Gasteiger partial charge in [-0.05, 0) is 0 Å². The number of rotatable bonds is 0. The SMILES string of the molecule is CC1=CC=C(C)[I-]1. The Morgan fingerprint density at radius 2 is 1.57 bits per heavy atom. The second kappa shape index (κ2) is 1.99. The van der Waals surface area contributed by atoms with Crippen molar-refractivity contribution in [3.63, 3.8) is 0 Å². The van der Waals surface area contributed by atoms with E-state index in [0.29, 0.717) is 21.2 Å². The molecular formula is C6H8I-. The predicted octanol–water partition coefficient (Wildman–Crippen LogP) is -1.10. The minimum absolute atomic E-state index is 0.339. The molecule has 7 heavy (non-hydrogen) atoms. The van der Waals surface area contributed by atoms with Gasteiger partial charge in [-0.15, -0.1) is 0 Å². The molecule has 0 saturated heterocycles. The molecule has 1 aliphatic heterocycles. The van der Waals surface area contributed by atoms with Gasteiger partial charge < -0.3 is 0 Å². The Bertz CT molecular complexity index is 115. The molecule has 1 rings (SSSR count). The quantitative estimate of drug-likeness (QED) is 0.442. The van der Waals surface area contributed by atoms with Crippen LogP contribution in [0.2, 0.25) is 0 Å². The zero-order valence-corrected chi connectivity index (χ0v) is 6.69. The summed E-state index contributed by atoms with van der Waals surface area (Å²) in [5.41, 5.74) is 0. The van der Waals surface area contributed by atoms with Crippen LogP contribution in [0.3, 0.4) is 0 Å². The molecule has 1 heteroatoms. The fourth-order valence-corrected chi connectivity index (χ4v) is 2.59. The zero-order valence-electron chi connectivity index (χ0n) is 4.53. The van der Waals surface area contributed by atoms with Gasteiger partial charge in [-0.3, -0.25) is 0 Å². The molecule has 0 bridgehead atoms. The van der Waals surface area contributed by atoms with Gasteiger partial charge in [-0.25, -0.2) is 0 Å². The first-order valence-electron chi connectivity index (χ1n) is 2.29. The second-order valence-corrected chi connectivity index (χ2v) is 5.54. The van der Waals surface area contributed by atoms with Crippen LogP contribution >= 0.6 is 0 Å². The van der Waals surface area contributed by atoms with E-state index < -0.39 is 0 Å². The first-order chi connectivity index (χ1) is 3.29. The van der Waals surface area contributed by atoms with Gasteiger partial charge in [-0.2, -0.15) is 0 Å². The van der Waals surface area contributed by atoms with E-state index in [1.807, 2.05) is 0 Å². The Hall–Kier alpha value is 0.210. The van der Waals surface area contributed by atoms with Crippen LogP contribution in [0.25, 0.3) is 0 Å². The Kier molecular flexibility index (Phi) is 1.52. The average Bonchev–Trinajstić information content (AvgIpc) is 1.87. The Labute approximate surface area is 54.6 Å². The van der Waals surface area contributed by atoms with Crippen LogP contribution in [-0.2, 0) is 0 Å². The van der Waals surface area contributed by atoms with E-state index in [-0.39, 0.29) is 0 Å². The molecule has 0 aromatic rings. The van der Waals surface area contributed by atoms with Crippen molar-refractivity contribution in [2.24, 2.45) is 0 Å². The molecule has 0 aromatic heterocycles. The summed E-state index contributed by atoms with van der Waals surface area (Å²) in [5, 5.41) is 0. The molecule has 0 amide bonds. The maximum absolute atomic E-state index is 2.22. The van der Waals surface area contributed by atoms with E-state index in [4.69, 9.17) is 0 Å². The van der Waals surface area contributed by atoms with E-state index in [1.54, 1.807) is 7.16 Å². The van der Waals surface area contributed by atoms with Crippen LogP contribution in [-0.4, -0.2) is 0 Å². The van der Waals surface area contributed by atoms with Crippen molar-refractivity contribution >= 4 is 0 Å². The second-order valence-electron chi connectivity index (χ2n) is 1.60. The molecule has 0 unspecified atom stereocenters. The number of halogens is 1. The summed E-state index contributed by atoms with van der Waals surface area (Å²) >= 11 is 0.339. The Morgan fingerprint density at radius 1 is 1.14 bits per heavy atom. The van der Waals surface area contributed by atoms with Crippen LogP contribution in [0.1, 0.15) is 13.8 Å². The van der Waals surface area contributed by atoms with Crippen LogP contribution in [0, 0.1) is 0 Å². The third-order valence-electron chi connectivity index (χ3n) is 0.841. The Balaban J connectivity index is 2.61. The van der Waals surface area contributed by atoms with E-state index in [1.165, 1.54) is 0 Å². The molecular weight excluding hydrogens is 199 g/mol. The number of hydrogen-bond acceptors (Lipinski definition) is 0. The summed E-state index contributed by atoms with van der Waals surface area (Å²) in [4.78, 5) is 0. The van der Waals surface area contributed by atoms with Crippen LogP contribution < -0.4 is 21.2 Å². The monoisotopic (exact) mass is 207 g/mol. The van der Waals surface area contributed by atoms with Crippen molar-refractivity contribution in [1.82, 2.24) is 0 Å². The van der Waals surface area contributed by atoms with Crippen LogP contribution in [0.15, 0.2) is 19.3 Å². The van der Waals surface area contributed by atoms with Gasteiger partial charge >= 0.3 is 54.4 Å². The maximum atomic E-state index is 2.22. The van der Waals surface area contributed by atoms with E-state index in [2.05, 4.69) is 26.0 Å². The van der Waals surface area contributed by atoms with E-state index in [0.717, 1.165) is 0 Å². The molecule has 0 nitrogen and oxygen atoms in total. The fourth-order valence-electron chi connectivity index (χ4n) is 0.528. The van der Waals surface area contributed by atoms with Gasteiger partial charge in [0.1, 0.15) is 0 Å². The summed E-state index contributed by atoms with van der Waals surface area (Å²) in [6, 6.07) is 0. The zero-order chi connectivity index (χ0) is 5.28. The molecule has 1 heterocycles. The standard InChI is InChI=1S/C6H8I/c1-5-3-4-6(2)7-5/h3-4H,1-2H3/q-1. The molecule has 0 saturated carbocycles. The summed E-state index contributed by atoms with van der Waals surface area (Å²) in [6.45, 7) is 4.42. The third kappa shape index (κ3) is 1.30. The third-order valence-corrected chi connectivity index (χ3v) is 3.26. The predicted molar refractivity (Wildman–Crippen MR) is 27.5 cm³/mol. The molecule has 0 aliphatic carbocycles. The van der Waals surface area contributed by atoms with Gasteiger partial charge in [0, 0.05) is 0 Å². The molecule has 0 N–H and O–H groups in total. The molecule has 0 radical (unpaired) electrons. The van der Waals surface area contributed by atoms with Gasteiger partial charge in [0.25, 0.3) is 0 Å². The molecule has 1 aliphatic rings. The first-order valence-corrected chi connectivity index (χ1v) is 4.45. The Morgan fingerprint density at radius 3 is 1.71 bits per heavy atom. The summed E-state index contributed by atoms with van der Waals surface area (Å²) in [5.74, 6) is 0. The number of allylic oxidation sites excluding steroid dienone is 4. The van der Waals surface area contributed by atoms with Crippen molar-refractivity contribution in [3.05, 3.63) is 19.3 Å². The molecule has 0 atom stereocenters. The van der Waals surface area contributed by atoms with E-state index in [9.17, 15) is 0 Å². The molecule has 0 spiro atoms. The fraction of sp³-hybridized carbons (Fsp3) is 0.333. The normalized spacial score (nSPS) is 20.3.